The monoisotopic (exact) mass is 531 g/mol. The molecule has 2 rings (SSSR count). The molecule has 0 amide bonds. The number of hydrogen-bond acceptors (Lipinski definition) is 13. The van der Waals surface area contributed by atoms with E-state index in [0.29, 0.717) is 10.8 Å². The molecule has 21 heteroatoms. The van der Waals surface area contributed by atoms with Gasteiger partial charge in [0.25, 0.3) is 15.6 Å². The maximum atomic E-state index is 13.7. The van der Waals surface area contributed by atoms with Gasteiger partial charge in [0.1, 0.15) is 17.1 Å². The van der Waals surface area contributed by atoms with Crippen LogP contribution in [0.25, 0.3) is 0 Å². The summed E-state index contributed by atoms with van der Waals surface area (Å²) in [5.74, 6) is -1.84. The maximum Gasteiger partial charge on any atom is 0.478 e. The van der Waals surface area contributed by atoms with E-state index in [1.807, 2.05) is 0 Å². The molecule has 1 aromatic rings. The summed E-state index contributed by atoms with van der Waals surface area (Å²) < 4.78 is 63.8. The predicted molar refractivity (Wildman–Crippen MR) is 92.4 cm³/mol. The fraction of sp³-hybridized carbons (Fsp3) is 0.600. The number of halogens is 2. The number of phosphoric acid groups is 3. The number of phosphoric ester groups is 1. The third kappa shape index (κ3) is 6.62. The molecule has 7 atom stereocenters. The maximum absolute atomic E-state index is 13.7. The Hall–Kier alpha value is -0.770. The van der Waals surface area contributed by atoms with Crippen LogP contribution in [0.15, 0.2) is 11.0 Å². The summed E-state index contributed by atoms with van der Waals surface area (Å²) in [6, 6.07) is 0. The van der Waals surface area contributed by atoms with E-state index >= 15 is 0 Å². The van der Waals surface area contributed by atoms with Gasteiger partial charge in [-0.3, -0.25) is 18.2 Å². The lowest BCUT2D eigenvalue weighted by molar-refractivity contribution is -0.236. The second kappa shape index (κ2) is 8.88. The largest absolute Gasteiger partial charge is 0.756 e. The number of hydrogen-bond donors (Lipinski definition) is 4. The first kappa shape index (κ1) is 26.5. The van der Waals surface area contributed by atoms with E-state index < -0.39 is 70.7 Å². The number of ether oxygens (including phenoxy) is 1. The smallest absolute Gasteiger partial charge is 0.478 e. The zero-order valence-corrected chi connectivity index (χ0v) is 18.4. The van der Waals surface area contributed by atoms with Crippen molar-refractivity contribution in [3.63, 3.8) is 0 Å². The van der Waals surface area contributed by atoms with Crippen LogP contribution in [-0.4, -0.2) is 48.1 Å². The molecule has 31 heavy (non-hydrogen) atoms. The molecular weight excluding hydrogens is 517 g/mol. The van der Waals surface area contributed by atoms with Gasteiger partial charge in [0, 0.05) is 0 Å². The molecule has 0 radical (unpaired) electrons. The summed E-state index contributed by atoms with van der Waals surface area (Å²) in [6.07, 6.45) is -4.37. The van der Waals surface area contributed by atoms with Crippen LogP contribution in [0.4, 0.5) is 10.2 Å². The van der Waals surface area contributed by atoms with E-state index in [1.54, 1.807) is 0 Å². The Labute approximate surface area is 176 Å². The van der Waals surface area contributed by atoms with Crippen LogP contribution in [0.1, 0.15) is 13.2 Å². The molecular formula is C10H14ClFN3O13P3-2. The van der Waals surface area contributed by atoms with Crippen LogP contribution >= 0.6 is 35.1 Å². The van der Waals surface area contributed by atoms with Gasteiger partial charge in [-0.15, -0.1) is 11.6 Å². The van der Waals surface area contributed by atoms with Crippen LogP contribution < -0.4 is 21.2 Å². The van der Waals surface area contributed by atoms with Crippen molar-refractivity contribution >= 4 is 40.9 Å². The van der Waals surface area contributed by atoms with Crippen molar-refractivity contribution in [2.24, 2.45) is 0 Å². The third-order valence-electron chi connectivity index (χ3n) is 3.71. The van der Waals surface area contributed by atoms with Crippen LogP contribution in [-0.2, 0) is 31.6 Å². The molecule has 1 aliphatic rings. The number of rotatable bonds is 8. The summed E-state index contributed by atoms with van der Waals surface area (Å²) >= 11 is 6.16. The highest BCUT2D eigenvalue weighted by atomic mass is 35.5. The molecule has 5 N–H and O–H groups in total. The highest BCUT2D eigenvalue weighted by molar-refractivity contribution is 7.65. The minimum Gasteiger partial charge on any atom is -0.756 e. The first-order valence-electron chi connectivity index (χ1n) is 7.66. The number of nitrogens with zero attached hydrogens (tertiary/aromatic N) is 2. The molecule has 0 aliphatic carbocycles. The van der Waals surface area contributed by atoms with E-state index in [1.165, 1.54) is 0 Å². The second-order valence-electron chi connectivity index (χ2n) is 6.13. The quantitative estimate of drug-likeness (QED) is 0.215. The fourth-order valence-electron chi connectivity index (χ4n) is 2.44. The first-order valence-corrected chi connectivity index (χ1v) is 12.5. The summed E-state index contributed by atoms with van der Waals surface area (Å²) in [5.41, 5.74) is 4.05. The standard InChI is InChI=1S/C10H16ClFN3O13P3/c1-10(11)6(16)5(26-8(10)15-2-4(12)7(13)14-9(15)17)3-25-30(21,22)28-31(23,24)27-29(18,19)20/h2,5-6,8,16H,3H2,1H3,(H,21,22)(H,23,24)(H2,13,14,17)(H2,18,19,20)/p-2/t5-,6-,8-,10-/m1/s1. The lowest BCUT2D eigenvalue weighted by Crippen LogP contribution is -2.42. The molecule has 0 spiro atoms. The minimum atomic E-state index is -6.06. The summed E-state index contributed by atoms with van der Waals surface area (Å²) in [7, 11) is -17.6. The van der Waals surface area contributed by atoms with Gasteiger partial charge in [-0.25, -0.2) is 22.4 Å². The Morgan fingerprint density at radius 2 is 1.97 bits per heavy atom. The van der Waals surface area contributed by atoms with E-state index in [0.717, 1.165) is 6.92 Å². The van der Waals surface area contributed by atoms with Crippen molar-refractivity contribution in [2.75, 3.05) is 12.3 Å². The number of aliphatic hydroxyl groups excluding tert-OH is 1. The zero-order valence-electron chi connectivity index (χ0n) is 15.0. The molecule has 16 nitrogen and oxygen atoms in total. The third-order valence-corrected chi connectivity index (χ3v) is 7.85. The second-order valence-corrected chi connectivity index (χ2v) is 11.3. The molecule has 1 fully saturated rings. The minimum absolute atomic E-state index is 0.545. The Balaban J connectivity index is 2.16. The van der Waals surface area contributed by atoms with E-state index in [2.05, 4.69) is 18.1 Å². The Bertz CT molecular complexity index is 1050. The van der Waals surface area contributed by atoms with Gasteiger partial charge in [-0.2, -0.15) is 4.98 Å². The average molecular weight is 532 g/mol. The topological polar surface area (TPSA) is 256 Å². The molecule has 3 unspecified atom stereocenters. The molecule has 0 saturated carbocycles. The van der Waals surface area contributed by atoms with Crippen LogP contribution in [0.3, 0.4) is 0 Å². The molecule has 1 saturated heterocycles. The molecule has 1 aromatic heterocycles. The molecule has 2 heterocycles. The van der Waals surface area contributed by atoms with Crippen LogP contribution in [0.2, 0.25) is 0 Å². The normalized spacial score (nSPS) is 32.2. The van der Waals surface area contributed by atoms with Gasteiger partial charge >= 0.3 is 13.5 Å². The van der Waals surface area contributed by atoms with Gasteiger partial charge in [0.2, 0.25) is 0 Å². The van der Waals surface area contributed by atoms with Crippen molar-refractivity contribution in [1.82, 2.24) is 9.55 Å². The van der Waals surface area contributed by atoms with Crippen molar-refractivity contribution in [3.8, 4) is 0 Å². The lowest BCUT2D eigenvalue weighted by atomic mass is 10.0. The number of nitrogens with two attached hydrogens (primary N) is 1. The number of anilines is 1. The molecule has 1 aliphatic heterocycles. The van der Waals surface area contributed by atoms with E-state index in [4.69, 9.17) is 27.0 Å². The Morgan fingerprint density at radius 1 is 1.39 bits per heavy atom. The summed E-state index contributed by atoms with van der Waals surface area (Å²) in [5, 5.41) is 10.3. The number of aliphatic hydroxyl groups is 1. The fourth-order valence-corrected chi connectivity index (χ4v) is 5.67. The molecule has 0 aromatic carbocycles. The Morgan fingerprint density at radius 3 is 2.52 bits per heavy atom. The van der Waals surface area contributed by atoms with Gasteiger partial charge < -0.3 is 35.2 Å². The van der Waals surface area contributed by atoms with E-state index in [9.17, 15) is 42.7 Å². The van der Waals surface area contributed by atoms with Crippen molar-refractivity contribution in [3.05, 3.63) is 22.5 Å². The van der Waals surface area contributed by atoms with Crippen molar-refractivity contribution in [1.29, 1.82) is 0 Å². The predicted octanol–water partition coefficient (Wildman–Crippen LogP) is -1.70. The van der Waals surface area contributed by atoms with Gasteiger partial charge in [-0.05, 0) is 6.92 Å². The summed E-state index contributed by atoms with van der Waals surface area (Å²) in [4.78, 5) is 52.7. The first-order chi connectivity index (χ1) is 13.8. The number of alkyl halides is 1. The van der Waals surface area contributed by atoms with Gasteiger partial charge in [0.05, 0.1) is 12.8 Å². The van der Waals surface area contributed by atoms with Crippen LogP contribution in [0.5, 0.6) is 0 Å². The number of aromatic nitrogens is 2. The SMILES string of the molecule is C[C@@]1(Cl)[C@H](O)[C@@H](COP(=O)(O)OP(=O)([O-])OP(=O)([O-])O)O[C@H]1n1cc(F)c(N)nc1=O. The zero-order chi connectivity index (χ0) is 24.0. The van der Waals surface area contributed by atoms with Gasteiger partial charge in [0.15, 0.2) is 17.9 Å². The lowest BCUT2D eigenvalue weighted by Gasteiger charge is -2.28. The average Bonchev–Trinajstić information content (AvgIpc) is 2.76. The highest BCUT2D eigenvalue weighted by Crippen LogP contribution is 2.63. The van der Waals surface area contributed by atoms with Crippen LogP contribution in [0, 0.1) is 5.82 Å². The van der Waals surface area contributed by atoms with Crippen molar-refractivity contribution in [2.45, 2.75) is 30.2 Å². The Kier molecular flexibility index (Phi) is 7.58. The molecule has 0 bridgehead atoms. The van der Waals surface area contributed by atoms with Gasteiger partial charge in [-0.1, -0.05) is 0 Å². The number of nitrogen functional groups attached to an aromatic ring is 1. The van der Waals surface area contributed by atoms with Crippen molar-refractivity contribution < 1.29 is 60.6 Å². The van der Waals surface area contributed by atoms with E-state index in [-0.39, 0.29) is 0 Å². The summed E-state index contributed by atoms with van der Waals surface area (Å²) in [6.45, 7) is 0.0634. The highest BCUT2D eigenvalue weighted by Gasteiger charge is 2.54. The molecule has 178 valence electrons.